The monoisotopic (exact) mass is 450 g/mol. The number of carbonyl (C=O) groups excluding carboxylic acids is 4. The van der Waals surface area contributed by atoms with Crippen molar-refractivity contribution in [2.24, 2.45) is 0 Å². The summed E-state index contributed by atoms with van der Waals surface area (Å²) in [5, 5.41) is 2.67. The molecule has 3 amide bonds. The van der Waals surface area contributed by atoms with Gasteiger partial charge in [-0.1, -0.05) is 23.7 Å². The lowest BCUT2D eigenvalue weighted by molar-refractivity contribution is -0.123. The van der Waals surface area contributed by atoms with Crippen molar-refractivity contribution in [1.82, 2.24) is 9.97 Å². The van der Waals surface area contributed by atoms with E-state index in [2.05, 4.69) is 15.3 Å². The van der Waals surface area contributed by atoms with Crippen molar-refractivity contribution in [3.63, 3.8) is 0 Å². The van der Waals surface area contributed by atoms with Crippen molar-refractivity contribution < 1.29 is 23.9 Å². The number of esters is 1. The minimum absolute atomic E-state index is 0.0153. The molecule has 0 radical (unpaired) electrons. The first-order valence-electron chi connectivity index (χ1n) is 9.43. The average molecular weight is 451 g/mol. The fraction of sp³-hybridized carbons (Fsp3) is 0.0909. The van der Waals surface area contributed by atoms with E-state index in [4.69, 9.17) is 16.3 Å². The third kappa shape index (κ3) is 3.93. The van der Waals surface area contributed by atoms with Crippen LogP contribution in [-0.2, 0) is 9.53 Å². The Morgan fingerprint density at radius 1 is 1.00 bits per heavy atom. The van der Waals surface area contributed by atoms with Crippen LogP contribution in [0.5, 0.6) is 0 Å². The van der Waals surface area contributed by atoms with E-state index < -0.39 is 29.8 Å². The zero-order chi connectivity index (χ0) is 22.8. The first-order valence-corrected chi connectivity index (χ1v) is 9.81. The lowest BCUT2D eigenvalue weighted by Gasteiger charge is -2.15. The van der Waals surface area contributed by atoms with E-state index in [9.17, 15) is 19.2 Å². The Labute approximate surface area is 187 Å². The molecule has 10 heteroatoms. The number of halogens is 1. The van der Waals surface area contributed by atoms with E-state index in [1.165, 1.54) is 37.5 Å². The van der Waals surface area contributed by atoms with Crippen LogP contribution in [0.4, 0.5) is 11.6 Å². The summed E-state index contributed by atoms with van der Waals surface area (Å²) in [5.74, 6) is -2.54. The summed E-state index contributed by atoms with van der Waals surface area (Å²) in [4.78, 5) is 59.1. The maximum atomic E-state index is 12.9. The summed E-state index contributed by atoms with van der Waals surface area (Å²) in [6.07, 6.45) is 1.75. The number of ether oxygens (including phenoxy) is 1. The number of nitrogens with zero attached hydrogens (tertiary/aromatic N) is 3. The number of nitrogens with one attached hydrogen (secondary N) is 1. The molecule has 160 valence electrons. The molecule has 0 aliphatic carbocycles. The largest absolute Gasteiger partial charge is 0.449 e. The predicted octanol–water partition coefficient (Wildman–Crippen LogP) is 3.11. The number of carbonyl (C=O) groups is 4. The van der Waals surface area contributed by atoms with Crippen LogP contribution in [0.15, 0.2) is 60.9 Å². The molecule has 1 aliphatic heterocycles. The lowest BCUT2D eigenvalue weighted by Crippen LogP contribution is -2.30. The highest BCUT2D eigenvalue weighted by Gasteiger charge is 2.38. The number of imide groups is 1. The molecule has 1 aliphatic rings. The summed E-state index contributed by atoms with van der Waals surface area (Å²) >= 11 is 6.14. The van der Waals surface area contributed by atoms with Crippen LogP contribution in [-0.4, -0.2) is 39.8 Å². The summed E-state index contributed by atoms with van der Waals surface area (Å²) in [6, 6.07) is 12.0. The number of aromatic nitrogens is 2. The molecule has 2 aromatic carbocycles. The van der Waals surface area contributed by atoms with Gasteiger partial charge in [0.15, 0.2) is 6.10 Å². The Balaban J connectivity index is 1.51. The number of anilines is 2. The van der Waals surface area contributed by atoms with E-state index in [1.54, 1.807) is 30.3 Å². The minimum atomic E-state index is -1.16. The van der Waals surface area contributed by atoms with Gasteiger partial charge in [0.05, 0.1) is 27.4 Å². The summed E-state index contributed by atoms with van der Waals surface area (Å²) < 4.78 is 5.19. The van der Waals surface area contributed by atoms with Crippen molar-refractivity contribution >= 4 is 46.9 Å². The highest BCUT2D eigenvalue weighted by molar-refractivity contribution is 6.39. The van der Waals surface area contributed by atoms with Crippen LogP contribution in [0.2, 0.25) is 5.02 Å². The minimum Gasteiger partial charge on any atom is -0.449 e. The number of benzene rings is 2. The van der Waals surface area contributed by atoms with E-state index in [1.807, 2.05) is 0 Å². The molecule has 0 saturated carbocycles. The number of fused-ring (bicyclic) bond motifs is 1. The Morgan fingerprint density at radius 2 is 1.69 bits per heavy atom. The van der Waals surface area contributed by atoms with E-state index in [0.717, 1.165) is 4.90 Å². The van der Waals surface area contributed by atoms with Crippen molar-refractivity contribution in [2.45, 2.75) is 13.0 Å². The molecular formula is C22H15ClN4O5. The Kier molecular flexibility index (Phi) is 5.65. The van der Waals surface area contributed by atoms with Crippen LogP contribution in [0, 0.1) is 0 Å². The molecule has 4 rings (SSSR count). The second-order valence-electron chi connectivity index (χ2n) is 6.77. The van der Waals surface area contributed by atoms with Gasteiger partial charge in [-0.25, -0.2) is 19.7 Å². The van der Waals surface area contributed by atoms with Gasteiger partial charge in [-0.15, -0.1) is 0 Å². The van der Waals surface area contributed by atoms with Gasteiger partial charge in [-0.3, -0.25) is 19.7 Å². The second-order valence-corrected chi connectivity index (χ2v) is 7.17. The van der Waals surface area contributed by atoms with Crippen LogP contribution < -0.4 is 10.2 Å². The van der Waals surface area contributed by atoms with E-state index in [0.29, 0.717) is 0 Å². The van der Waals surface area contributed by atoms with Crippen LogP contribution in [0.1, 0.15) is 38.0 Å². The number of hydrogen-bond donors (Lipinski definition) is 1. The molecule has 1 unspecified atom stereocenters. The quantitative estimate of drug-likeness (QED) is 0.468. The molecule has 1 N–H and O–H groups in total. The van der Waals surface area contributed by atoms with E-state index in [-0.39, 0.29) is 33.3 Å². The summed E-state index contributed by atoms with van der Waals surface area (Å²) in [7, 11) is 0. The van der Waals surface area contributed by atoms with Crippen LogP contribution in [0.25, 0.3) is 0 Å². The average Bonchev–Trinajstić information content (AvgIpc) is 3.04. The van der Waals surface area contributed by atoms with Gasteiger partial charge in [-0.2, -0.15) is 0 Å². The van der Waals surface area contributed by atoms with Crippen molar-refractivity contribution in [1.29, 1.82) is 0 Å². The van der Waals surface area contributed by atoms with Crippen molar-refractivity contribution in [3.8, 4) is 0 Å². The maximum absolute atomic E-state index is 12.9. The normalized spacial score (nSPS) is 13.5. The molecule has 2 heterocycles. The molecule has 32 heavy (non-hydrogen) atoms. The lowest BCUT2D eigenvalue weighted by atomic mass is 10.1. The van der Waals surface area contributed by atoms with Crippen molar-refractivity contribution in [2.75, 3.05) is 10.2 Å². The van der Waals surface area contributed by atoms with Crippen molar-refractivity contribution in [3.05, 3.63) is 82.6 Å². The Hall–Kier alpha value is -4.11. The second kappa shape index (κ2) is 8.56. The molecule has 0 fully saturated rings. The van der Waals surface area contributed by atoms with Gasteiger partial charge < -0.3 is 4.74 Å². The molecule has 9 nitrogen and oxygen atoms in total. The Bertz CT molecular complexity index is 1250. The van der Waals surface area contributed by atoms with Gasteiger partial charge in [0.2, 0.25) is 5.95 Å². The standard InChI is InChI=1S/C22H15ClN4O5/c1-12(18(28)26-22-24-9-4-10-25-22)32-21(31)13-7-8-14-15(11-13)20(30)27(19(14)29)17-6-3-2-5-16(17)23/h2-12H,1H3,(H,24,25,26,28). The smallest absolute Gasteiger partial charge is 0.338 e. The molecule has 1 atom stereocenters. The number of rotatable bonds is 5. The highest BCUT2D eigenvalue weighted by atomic mass is 35.5. The zero-order valence-corrected chi connectivity index (χ0v) is 17.4. The van der Waals surface area contributed by atoms with Gasteiger partial charge in [0.25, 0.3) is 17.7 Å². The first kappa shape index (κ1) is 21.1. The summed E-state index contributed by atoms with van der Waals surface area (Å²) in [6.45, 7) is 1.39. The number of amides is 3. The molecule has 0 bridgehead atoms. The Morgan fingerprint density at radius 3 is 2.41 bits per heavy atom. The highest BCUT2D eigenvalue weighted by Crippen LogP contribution is 2.33. The third-order valence-corrected chi connectivity index (χ3v) is 4.99. The number of hydrogen-bond acceptors (Lipinski definition) is 7. The van der Waals surface area contributed by atoms with E-state index >= 15 is 0 Å². The molecular weight excluding hydrogens is 436 g/mol. The fourth-order valence-electron chi connectivity index (χ4n) is 3.08. The van der Waals surface area contributed by atoms with Gasteiger partial charge in [0.1, 0.15) is 0 Å². The third-order valence-electron chi connectivity index (χ3n) is 4.67. The molecule has 1 aromatic heterocycles. The molecule has 0 saturated heterocycles. The number of para-hydroxylation sites is 1. The van der Waals surface area contributed by atoms with Crippen LogP contribution >= 0.6 is 11.6 Å². The maximum Gasteiger partial charge on any atom is 0.338 e. The van der Waals surface area contributed by atoms with Gasteiger partial charge in [-0.05, 0) is 43.3 Å². The predicted molar refractivity (Wildman–Crippen MR) is 115 cm³/mol. The SMILES string of the molecule is CC(OC(=O)c1ccc2c(c1)C(=O)N(c1ccccc1Cl)C2=O)C(=O)Nc1ncccn1. The fourth-order valence-corrected chi connectivity index (χ4v) is 3.30. The van der Waals surface area contributed by atoms with Gasteiger partial charge in [0, 0.05) is 12.4 Å². The van der Waals surface area contributed by atoms with Gasteiger partial charge >= 0.3 is 5.97 Å². The summed E-state index contributed by atoms with van der Waals surface area (Å²) in [5.41, 5.74) is 0.442. The van der Waals surface area contributed by atoms with Crippen LogP contribution in [0.3, 0.4) is 0 Å². The zero-order valence-electron chi connectivity index (χ0n) is 16.6. The topological polar surface area (TPSA) is 119 Å². The molecule has 0 spiro atoms. The molecule has 3 aromatic rings. The first-order chi connectivity index (χ1) is 15.4.